The fourth-order valence-corrected chi connectivity index (χ4v) is 5.30. The van der Waals surface area contributed by atoms with E-state index in [-0.39, 0.29) is 34.2 Å². The lowest BCUT2D eigenvalue weighted by atomic mass is 9.85. The number of benzene rings is 1. The number of nitrogens with zero attached hydrogens (tertiary/aromatic N) is 2. The van der Waals surface area contributed by atoms with Crippen LogP contribution in [0.3, 0.4) is 0 Å². The third-order valence-electron chi connectivity index (χ3n) is 5.52. The minimum atomic E-state index is -4.00. The highest BCUT2D eigenvalue weighted by molar-refractivity contribution is 7.89. The molecule has 8 nitrogen and oxygen atoms in total. The number of hydrogen-bond acceptors (Lipinski definition) is 6. The molecule has 1 fully saturated rings. The first-order valence-electron chi connectivity index (χ1n) is 10.0. The van der Waals surface area contributed by atoms with Crippen molar-refractivity contribution in [3.05, 3.63) is 75.0 Å². The number of nitrogens with one attached hydrogen (secondary N) is 2. The zero-order chi connectivity index (χ0) is 22.2. The Kier molecular flexibility index (Phi) is 5.76. The first kappa shape index (κ1) is 21.4. The highest BCUT2D eigenvalue weighted by Crippen LogP contribution is 2.34. The molecule has 10 heteroatoms. The molecule has 1 aromatic carbocycles. The summed E-state index contributed by atoms with van der Waals surface area (Å²) in [4.78, 5) is 19.5. The molecule has 164 valence electrons. The van der Waals surface area contributed by atoms with E-state index in [2.05, 4.69) is 19.8 Å². The molecule has 0 spiro atoms. The Hall–Kier alpha value is -2.85. The third kappa shape index (κ3) is 4.59. The van der Waals surface area contributed by atoms with E-state index >= 15 is 0 Å². The van der Waals surface area contributed by atoms with Crippen molar-refractivity contribution in [3.8, 4) is 0 Å². The van der Waals surface area contributed by atoms with Crippen molar-refractivity contribution in [2.75, 3.05) is 0 Å². The van der Waals surface area contributed by atoms with Crippen LogP contribution in [0.5, 0.6) is 0 Å². The number of sulfonamides is 1. The number of hydrogen-bond donors (Lipinski definition) is 2. The average Bonchev–Trinajstić information content (AvgIpc) is 2.99. The molecule has 0 radical (unpaired) electrons. The highest BCUT2D eigenvalue weighted by Gasteiger charge is 2.29. The lowest BCUT2D eigenvalue weighted by Gasteiger charge is -2.25. The lowest BCUT2D eigenvalue weighted by Crippen LogP contribution is -2.31. The van der Waals surface area contributed by atoms with Crippen LogP contribution < -0.4 is 10.3 Å². The van der Waals surface area contributed by atoms with Crippen LogP contribution in [0.1, 0.15) is 59.8 Å². The van der Waals surface area contributed by atoms with Gasteiger partial charge in [0.15, 0.2) is 5.76 Å². The summed E-state index contributed by atoms with van der Waals surface area (Å²) < 4.78 is 47.3. The van der Waals surface area contributed by atoms with E-state index < -0.39 is 21.9 Å². The Morgan fingerprint density at radius 2 is 1.97 bits per heavy atom. The van der Waals surface area contributed by atoms with Crippen LogP contribution in [0.15, 0.2) is 44.5 Å². The Balaban J connectivity index is 1.69. The van der Waals surface area contributed by atoms with Gasteiger partial charge < -0.3 is 9.51 Å². The number of halogens is 1. The van der Waals surface area contributed by atoms with Gasteiger partial charge in [-0.1, -0.05) is 23.7 Å². The predicted molar refractivity (Wildman–Crippen MR) is 111 cm³/mol. The Bertz CT molecular complexity index is 1230. The molecule has 2 N–H and O–H groups in total. The summed E-state index contributed by atoms with van der Waals surface area (Å²) in [5, 5.41) is 3.71. The Labute approximate surface area is 179 Å². The first-order chi connectivity index (χ1) is 14.7. The topological polar surface area (TPSA) is 118 Å². The summed E-state index contributed by atoms with van der Waals surface area (Å²) in [6.45, 7) is 3.06. The van der Waals surface area contributed by atoms with E-state index in [4.69, 9.17) is 4.52 Å². The maximum Gasteiger partial charge on any atom is 0.251 e. The molecule has 0 amide bonds. The maximum atomic E-state index is 13.5. The first-order valence-corrected chi connectivity index (χ1v) is 11.5. The van der Waals surface area contributed by atoms with E-state index in [9.17, 15) is 17.6 Å². The molecule has 3 aromatic rings. The average molecular weight is 447 g/mol. The molecule has 4 rings (SSSR count). The number of aryl methyl sites for hydroxylation is 2. The highest BCUT2D eigenvalue weighted by atomic mass is 32.2. The van der Waals surface area contributed by atoms with Crippen LogP contribution in [0.2, 0.25) is 0 Å². The summed E-state index contributed by atoms with van der Waals surface area (Å²) >= 11 is 0. The van der Waals surface area contributed by atoms with Crippen LogP contribution >= 0.6 is 0 Å². The molecule has 1 aliphatic rings. The Morgan fingerprint density at radius 1 is 1.26 bits per heavy atom. The quantitative estimate of drug-likeness (QED) is 0.576. The monoisotopic (exact) mass is 446 g/mol. The number of aromatic nitrogens is 3. The van der Waals surface area contributed by atoms with Crippen LogP contribution in [0, 0.1) is 19.7 Å². The molecule has 0 bridgehead atoms. The number of rotatable bonds is 7. The van der Waals surface area contributed by atoms with Gasteiger partial charge in [-0.15, -0.1) is 0 Å². The van der Waals surface area contributed by atoms with Gasteiger partial charge in [-0.25, -0.2) is 22.5 Å². The van der Waals surface area contributed by atoms with Gasteiger partial charge in [-0.2, -0.15) is 0 Å². The largest absolute Gasteiger partial charge is 0.360 e. The lowest BCUT2D eigenvalue weighted by molar-refractivity contribution is 0.390. The molecule has 0 saturated heterocycles. The van der Waals surface area contributed by atoms with Gasteiger partial charge in [0.1, 0.15) is 22.2 Å². The molecule has 2 heterocycles. The van der Waals surface area contributed by atoms with Gasteiger partial charge in [0.05, 0.1) is 6.04 Å². The van der Waals surface area contributed by atoms with Crippen LogP contribution in [0.4, 0.5) is 4.39 Å². The molecule has 0 unspecified atom stereocenters. The van der Waals surface area contributed by atoms with Crippen LogP contribution in [-0.2, 0) is 16.4 Å². The second-order valence-electron chi connectivity index (χ2n) is 7.83. The molecule has 1 atom stereocenters. The van der Waals surface area contributed by atoms with E-state index in [0.29, 0.717) is 17.1 Å². The van der Waals surface area contributed by atoms with Gasteiger partial charge in [-0.3, -0.25) is 4.79 Å². The van der Waals surface area contributed by atoms with Crippen molar-refractivity contribution >= 4 is 10.0 Å². The van der Waals surface area contributed by atoms with Crippen molar-refractivity contribution in [2.45, 2.75) is 56.4 Å². The smallest absolute Gasteiger partial charge is 0.251 e. The maximum absolute atomic E-state index is 13.5. The molecule has 0 aliphatic heterocycles. The van der Waals surface area contributed by atoms with Gasteiger partial charge in [0, 0.05) is 24.1 Å². The molecule has 1 aliphatic carbocycles. The van der Waals surface area contributed by atoms with Crippen LogP contribution in [0.25, 0.3) is 0 Å². The van der Waals surface area contributed by atoms with Gasteiger partial charge in [-0.05, 0) is 44.4 Å². The van der Waals surface area contributed by atoms with E-state index in [1.165, 1.54) is 37.3 Å². The minimum Gasteiger partial charge on any atom is -0.360 e. The number of aromatic amines is 1. The third-order valence-corrected chi connectivity index (χ3v) is 7.24. The van der Waals surface area contributed by atoms with Gasteiger partial charge >= 0.3 is 0 Å². The van der Waals surface area contributed by atoms with E-state index in [1.807, 2.05) is 0 Å². The summed E-state index contributed by atoms with van der Waals surface area (Å²) in [6, 6.07) is 6.13. The van der Waals surface area contributed by atoms with Crippen molar-refractivity contribution in [2.24, 2.45) is 0 Å². The predicted octanol–water partition coefficient (Wildman–Crippen LogP) is 3.04. The molecule has 1 saturated carbocycles. The standard InChI is InChI=1S/C21H23FN4O4S/c1-12-20(13(2)30-25-12)31(28,29)26-18(14-6-8-16(22)9-7-14)10-17-11-19(27)24-21(23-17)15-4-3-5-15/h6-9,11,15,18,26H,3-5,10H2,1-2H3,(H,23,24,27)/t18-/m0/s1. The van der Waals surface area contributed by atoms with E-state index in [0.717, 1.165) is 19.3 Å². The zero-order valence-corrected chi connectivity index (χ0v) is 18.0. The molecular weight excluding hydrogens is 423 g/mol. The van der Waals surface area contributed by atoms with Crippen molar-refractivity contribution in [3.63, 3.8) is 0 Å². The van der Waals surface area contributed by atoms with Crippen molar-refractivity contribution in [1.82, 2.24) is 19.8 Å². The van der Waals surface area contributed by atoms with Crippen LogP contribution in [-0.4, -0.2) is 23.5 Å². The van der Waals surface area contributed by atoms with Crippen molar-refractivity contribution < 1.29 is 17.3 Å². The summed E-state index contributed by atoms with van der Waals surface area (Å²) in [5.74, 6) is 0.582. The second kappa shape index (κ2) is 8.35. The fraction of sp³-hybridized carbons (Fsp3) is 0.381. The minimum absolute atomic E-state index is 0.0337. The molecular formula is C21H23FN4O4S. The molecule has 31 heavy (non-hydrogen) atoms. The summed E-state index contributed by atoms with van der Waals surface area (Å²) in [6.07, 6.45) is 3.14. The SMILES string of the molecule is Cc1noc(C)c1S(=O)(=O)N[C@@H](Cc1cc(=O)[nH]c(C2CCC2)n1)c1ccc(F)cc1. The zero-order valence-electron chi connectivity index (χ0n) is 17.2. The second-order valence-corrected chi connectivity index (χ2v) is 9.48. The summed E-state index contributed by atoms with van der Waals surface area (Å²) in [7, 11) is -4.00. The van der Waals surface area contributed by atoms with E-state index in [1.54, 1.807) is 6.92 Å². The van der Waals surface area contributed by atoms with Gasteiger partial charge in [0.2, 0.25) is 10.0 Å². The summed E-state index contributed by atoms with van der Waals surface area (Å²) in [5.41, 5.74) is 0.966. The molecule has 2 aromatic heterocycles. The number of H-pyrrole nitrogens is 1. The Morgan fingerprint density at radius 3 is 2.55 bits per heavy atom. The normalized spacial score (nSPS) is 15.6. The fourth-order valence-electron chi connectivity index (χ4n) is 3.74. The van der Waals surface area contributed by atoms with Crippen molar-refractivity contribution in [1.29, 1.82) is 0 Å². The van der Waals surface area contributed by atoms with Gasteiger partial charge in [0.25, 0.3) is 5.56 Å².